The minimum atomic E-state index is 1.06. The molecule has 0 N–H and O–H groups in total. The molecule has 0 aliphatic carbocycles. The minimum absolute atomic E-state index is 1.06. The largest absolute Gasteiger partial charge is 0.311 e. The molecule has 21 rings (SSSR count). The van der Waals surface area contributed by atoms with Crippen molar-refractivity contribution in [3.8, 4) is 78.1 Å². The van der Waals surface area contributed by atoms with Gasteiger partial charge in [-0.15, -0.1) is 0 Å². The van der Waals surface area contributed by atoms with Gasteiger partial charge >= 0.3 is 0 Å². The van der Waals surface area contributed by atoms with Gasteiger partial charge in [-0.2, -0.15) is 0 Å². The number of anilines is 6. The van der Waals surface area contributed by atoms with Gasteiger partial charge in [0.2, 0.25) is 0 Å². The van der Waals surface area contributed by atoms with E-state index in [0.29, 0.717) is 0 Å². The summed E-state index contributed by atoms with van der Waals surface area (Å²) in [4.78, 5) is 4.81. The van der Waals surface area contributed by atoms with E-state index in [1.54, 1.807) is 0 Å². The third-order valence-corrected chi connectivity index (χ3v) is 22.5. The summed E-state index contributed by atoms with van der Waals surface area (Å²) in [6.45, 7) is 0. The van der Waals surface area contributed by atoms with Gasteiger partial charge in [0, 0.05) is 55.5 Å². The Kier molecular flexibility index (Phi) is 15.5. The van der Waals surface area contributed by atoms with Crippen molar-refractivity contribution in [3.63, 3.8) is 0 Å². The van der Waals surface area contributed by atoms with Crippen molar-refractivity contribution in [2.24, 2.45) is 0 Å². The molecule has 2 aromatic heterocycles. The van der Waals surface area contributed by atoms with Crippen molar-refractivity contribution in [1.82, 2.24) is 9.13 Å². The maximum Gasteiger partial charge on any atom is 0.0702 e. The molecular formula is C106H70N4. The van der Waals surface area contributed by atoms with E-state index in [1.165, 1.54) is 115 Å². The Morgan fingerprint density at radius 1 is 0.155 bits per heavy atom. The quantitative estimate of drug-likeness (QED) is 0.108. The van der Waals surface area contributed by atoms with Crippen molar-refractivity contribution in [2.75, 3.05) is 9.80 Å². The average Bonchev–Trinajstić information content (AvgIpc) is 1.62. The molecule has 4 nitrogen and oxygen atoms in total. The van der Waals surface area contributed by atoms with Crippen LogP contribution in [0.1, 0.15) is 0 Å². The molecule has 21 aromatic rings. The van der Waals surface area contributed by atoms with Crippen LogP contribution in [0, 0.1) is 0 Å². The second kappa shape index (κ2) is 26.8. The number of fused-ring (bicyclic) bond motifs is 10. The van der Waals surface area contributed by atoms with E-state index < -0.39 is 0 Å². The van der Waals surface area contributed by atoms with Crippen molar-refractivity contribution >= 4 is 121 Å². The summed E-state index contributed by atoms with van der Waals surface area (Å²) in [5.74, 6) is 0. The molecule has 0 atom stereocenters. The Morgan fingerprint density at radius 2 is 0.464 bits per heavy atom. The SMILES string of the molecule is c1ccc(-n2c3ccccc3c3ccccc32)c(-c2ccc(N(c3ccc(-c4ccc5ccc(-c6ccc7c(c6)c6ccccc6n7-c6ccccc6N(c6ccc(-c7ccc8ccccc8c7)cc6)c6ccc(-c7cccc8ccccc78)cc6)cc5c4)cc3)c3ccc(-c4cccc5ccccc45)cc3)cc2)c1. The van der Waals surface area contributed by atoms with E-state index >= 15 is 0 Å². The molecular weight excluding hydrogens is 1330 g/mol. The number of para-hydroxylation sites is 6. The van der Waals surface area contributed by atoms with Gasteiger partial charge in [-0.25, -0.2) is 0 Å². The first kappa shape index (κ1) is 63.9. The molecule has 0 bridgehead atoms. The maximum atomic E-state index is 2.47. The molecule has 0 spiro atoms. The molecule has 0 fully saturated rings. The molecule has 0 aliphatic rings. The highest BCUT2D eigenvalue weighted by molar-refractivity contribution is 6.13. The predicted octanol–water partition coefficient (Wildman–Crippen LogP) is 29.4. The van der Waals surface area contributed by atoms with Crippen molar-refractivity contribution in [1.29, 1.82) is 0 Å². The summed E-state index contributed by atoms with van der Waals surface area (Å²) in [5, 5.41) is 14.7. The van der Waals surface area contributed by atoms with Crippen LogP contribution < -0.4 is 9.80 Å². The van der Waals surface area contributed by atoms with Gasteiger partial charge in [0.15, 0.2) is 0 Å². The van der Waals surface area contributed by atoms with Crippen LogP contribution in [-0.2, 0) is 0 Å². The zero-order chi connectivity index (χ0) is 72.6. The van der Waals surface area contributed by atoms with E-state index in [9.17, 15) is 0 Å². The highest BCUT2D eigenvalue weighted by Crippen LogP contribution is 2.46. The summed E-state index contributed by atoms with van der Waals surface area (Å²) >= 11 is 0. The van der Waals surface area contributed by atoms with E-state index in [4.69, 9.17) is 0 Å². The van der Waals surface area contributed by atoms with Crippen molar-refractivity contribution in [3.05, 3.63) is 425 Å². The zero-order valence-corrected chi connectivity index (χ0v) is 60.2. The van der Waals surface area contributed by atoms with Gasteiger partial charge in [0.1, 0.15) is 0 Å². The van der Waals surface area contributed by atoms with Gasteiger partial charge in [0.25, 0.3) is 0 Å². The smallest absolute Gasteiger partial charge is 0.0702 e. The molecule has 2 heterocycles. The number of hydrogen-bond donors (Lipinski definition) is 0. The van der Waals surface area contributed by atoms with Crippen LogP contribution in [0.15, 0.2) is 425 Å². The molecule has 0 saturated carbocycles. The van der Waals surface area contributed by atoms with Crippen LogP contribution in [0.5, 0.6) is 0 Å². The number of aromatic nitrogens is 2. The Bertz CT molecular complexity index is 7060. The molecule has 514 valence electrons. The van der Waals surface area contributed by atoms with E-state index in [2.05, 4.69) is 444 Å². The highest BCUT2D eigenvalue weighted by Gasteiger charge is 2.24. The van der Waals surface area contributed by atoms with E-state index in [1.807, 2.05) is 0 Å². The van der Waals surface area contributed by atoms with Crippen LogP contribution in [-0.4, -0.2) is 9.13 Å². The lowest BCUT2D eigenvalue weighted by Crippen LogP contribution is -2.13. The van der Waals surface area contributed by atoms with Crippen LogP contribution in [0.25, 0.3) is 165 Å². The van der Waals surface area contributed by atoms with Crippen molar-refractivity contribution in [2.45, 2.75) is 0 Å². The topological polar surface area (TPSA) is 16.3 Å². The monoisotopic (exact) mass is 1400 g/mol. The molecule has 0 unspecified atom stereocenters. The predicted molar refractivity (Wildman–Crippen MR) is 467 cm³/mol. The van der Waals surface area contributed by atoms with Gasteiger partial charge < -0.3 is 18.9 Å². The van der Waals surface area contributed by atoms with Gasteiger partial charge in [-0.1, -0.05) is 297 Å². The number of nitrogens with zero attached hydrogens (tertiary/aromatic N) is 4. The van der Waals surface area contributed by atoms with Gasteiger partial charge in [-0.05, 0) is 232 Å². The lowest BCUT2D eigenvalue weighted by molar-refractivity contribution is 1.15. The molecule has 110 heavy (non-hydrogen) atoms. The van der Waals surface area contributed by atoms with Crippen LogP contribution in [0.3, 0.4) is 0 Å². The molecule has 0 radical (unpaired) electrons. The highest BCUT2D eigenvalue weighted by atomic mass is 15.2. The molecule has 19 aromatic carbocycles. The van der Waals surface area contributed by atoms with E-state index in [-0.39, 0.29) is 0 Å². The molecule has 0 amide bonds. The Labute approximate surface area is 638 Å². The van der Waals surface area contributed by atoms with E-state index in [0.717, 1.165) is 84.3 Å². The summed E-state index contributed by atoms with van der Waals surface area (Å²) in [6, 6.07) is 156. The fourth-order valence-electron chi connectivity index (χ4n) is 17.1. The lowest BCUT2D eigenvalue weighted by atomic mass is 9.96. The maximum absolute atomic E-state index is 2.47. The lowest BCUT2D eigenvalue weighted by Gasteiger charge is -2.28. The van der Waals surface area contributed by atoms with Crippen LogP contribution >= 0.6 is 0 Å². The van der Waals surface area contributed by atoms with Gasteiger partial charge in [0.05, 0.1) is 39.1 Å². The summed E-state index contributed by atoms with van der Waals surface area (Å²) < 4.78 is 4.89. The van der Waals surface area contributed by atoms with Crippen LogP contribution in [0.4, 0.5) is 34.1 Å². The third-order valence-electron chi connectivity index (χ3n) is 22.5. The van der Waals surface area contributed by atoms with Crippen molar-refractivity contribution < 1.29 is 0 Å². The number of hydrogen-bond acceptors (Lipinski definition) is 2. The Morgan fingerprint density at radius 3 is 0.982 bits per heavy atom. The second-order valence-corrected chi connectivity index (χ2v) is 28.8. The summed E-state index contributed by atoms with van der Waals surface area (Å²) in [7, 11) is 0. The first-order valence-electron chi connectivity index (χ1n) is 37.8. The Hall–Kier alpha value is -14.6. The first-order valence-corrected chi connectivity index (χ1v) is 37.8. The third kappa shape index (κ3) is 11.2. The molecule has 0 saturated heterocycles. The standard InChI is InChI=1S/C106H70N4/c1-2-22-80-67-81(42-39-71(80)19-1)72-47-58-89(59-48-72)108(90-64-51-78(52-65-90)94-32-18-24-76-21-4-6-26-92(76)94)105-37-15-16-38-106(105)110-103-36-14-10-30-98(103)99-70-84(55-66-104(99)110)83-44-41-74-40-43-82(68-85(74)69-83)73-45-56-86(57-46-73)107(87-60-49-77(50-61-87)93-31-17-23-75-20-3-5-25-91(75)93)88-62-53-79(54-63-88)95-27-7-11-33-100(95)109-101-34-12-8-28-96(101)97-29-9-13-35-102(97)109/h1-70H. The second-order valence-electron chi connectivity index (χ2n) is 28.8. The van der Waals surface area contributed by atoms with Crippen LogP contribution in [0.2, 0.25) is 0 Å². The zero-order valence-electron chi connectivity index (χ0n) is 60.2. The minimum Gasteiger partial charge on any atom is -0.311 e. The summed E-state index contributed by atoms with van der Waals surface area (Å²) in [5.41, 5.74) is 27.4. The first-order chi connectivity index (χ1) is 54.5. The number of rotatable bonds is 14. The summed E-state index contributed by atoms with van der Waals surface area (Å²) in [6.07, 6.45) is 0. The fraction of sp³-hybridized carbons (Fsp3) is 0. The number of benzene rings is 19. The average molecular weight is 1400 g/mol. The molecule has 4 heteroatoms. The normalized spacial score (nSPS) is 11.6. The van der Waals surface area contributed by atoms with Gasteiger partial charge in [-0.3, -0.25) is 0 Å². The Balaban J connectivity index is 0.619. The fourth-order valence-corrected chi connectivity index (χ4v) is 17.1. The molecule has 0 aliphatic heterocycles.